The van der Waals surface area contributed by atoms with Gasteiger partial charge >= 0.3 is 6.09 Å². The number of carboxylic acid groups (broad SMARTS) is 1. The normalized spacial score (nSPS) is 17.6. The molecule has 0 aliphatic carbocycles. The third-order valence-corrected chi connectivity index (χ3v) is 4.95. The Hall–Kier alpha value is -1.90. The van der Waals surface area contributed by atoms with Crippen LogP contribution >= 0.6 is 0 Å². The van der Waals surface area contributed by atoms with Crippen molar-refractivity contribution in [2.75, 3.05) is 41.4 Å². The van der Waals surface area contributed by atoms with Crippen LogP contribution in [0, 0.1) is 11.6 Å². The molecule has 1 heterocycles. The number of nitrogens with zero attached hydrogens (tertiary/aromatic N) is 2. The van der Waals surface area contributed by atoms with Gasteiger partial charge in [-0.2, -0.15) is 0 Å². The maximum Gasteiger partial charge on any atom is 0.411 e. The summed E-state index contributed by atoms with van der Waals surface area (Å²) in [6.45, 7) is 0.00851. The molecule has 0 atom stereocenters. The summed E-state index contributed by atoms with van der Waals surface area (Å²) in [5, 5.41) is 8.80. The predicted octanol–water partition coefficient (Wildman–Crippen LogP) is 1.31. The molecule has 1 aliphatic heterocycles. The van der Waals surface area contributed by atoms with E-state index in [9.17, 15) is 22.0 Å². The molecule has 0 saturated carbocycles. The Kier molecular flexibility index (Phi) is 4.04. The molecule has 0 radical (unpaired) electrons. The number of halogens is 2. The van der Waals surface area contributed by atoms with Crippen LogP contribution in [0.4, 0.5) is 25.0 Å². The van der Waals surface area contributed by atoms with Gasteiger partial charge in [0.1, 0.15) is 5.69 Å². The molecule has 1 saturated heterocycles. The Labute approximate surface area is 120 Å². The van der Waals surface area contributed by atoms with Crippen LogP contribution in [0.5, 0.6) is 0 Å². The average Bonchev–Trinajstić information content (AvgIpc) is 2.38. The van der Waals surface area contributed by atoms with Crippen LogP contribution in [-0.4, -0.2) is 51.3 Å². The SMILES string of the molecule is CN(C(=O)O)c1cc(F)c(N2CCS(=O)(=O)CC2)c(F)c1. The van der Waals surface area contributed by atoms with Crippen molar-refractivity contribution in [3.05, 3.63) is 23.8 Å². The lowest BCUT2D eigenvalue weighted by Gasteiger charge is -2.29. The number of sulfone groups is 1. The standard InChI is InChI=1S/C12H14F2N2O4S/c1-15(12(17)18)8-6-9(13)11(10(14)7-8)16-2-4-21(19,20)5-3-16/h6-7H,2-5H2,1H3,(H,17,18). The molecular formula is C12H14F2N2O4S. The van der Waals surface area contributed by atoms with Crippen molar-refractivity contribution in [3.8, 4) is 0 Å². The Bertz CT molecular complexity index is 641. The second kappa shape index (κ2) is 5.47. The van der Waals surface area contributed by atoms with E-state index in [0.717, 1.165) is 12.1 Å². The van der Waals surface area contributed by atoms with Crippen LogP contribution in [-0.2, 0) is 9.84 Å². The molecule has 1 aliphatic rings. The van der Waals surface area contributed by atoms with E-state index in [2.05, 4.69) is 0 Å². The number of benzene rings is 1. The van der Waals surface area contributed by atoms with E-state index in [-0.39, 0.29) is 36.0 Å². The number of anilines is 2. The fraction of sp³-hybridized carbons (Fsp3) is 0.417. The molecular weight excluding hydrogens is 306 g/mol. The highest BCUT2D eigenvalue weighted by molar-refractivity contribution is 7.91. The Morgan fingerprint density at radius 1 is 1.24 bits per heavy atom. The third-order valence-electron chi connectivity index (χ3n) is 3.34. The summed E-state index contributed by atoms with van der Waals surface area (Å²) >= 11 is 0. The smallest absolute Gasteiger partial charge is 0.411 e. The van der Waals surface area contributed by atoms with Crippen molar-refractivity contribution in [1.82, 2.24) is 0 Å². The van der Waals surface area contributed by atoms with Crippen molar-refractivity contribution in [1.29, 1.82) is 0 Å². The van der Waals surface area contributed by atoms with E-state index in [4.69, 9.17) is 5.11 Å². The fourth-order valence-electron chi connectivity index (χ4n) is 2.09. The first-order chi connectivity index (χ1) is 9.71. The van der Waals surface area contributed by atoms with Crippen LogP contribution in [0.3, 0.4) is 0 Å². The van der Waals surface area contributed by atoms with E-state index < -0.39 is 27.6 Å². The summed E-state index contributed by atoms with van der Waals surface area (Å²) in [6.07, 6.45) is -1.34. The number of rotatable bonds is 2. The number of carbonyl (C=O) groups is 1. The molecule has 6 nitrogen and oxygen atoms in total. The van der Waals surface area contributed by atoms with E-state index in [1.807, 2.05) is 0 Å². The number of amides is 1. The topological polar surface area (TPSA) is 77.9 Å². The van der Waals surface area contributed by atoms with Gasteiger partial charge in [-0.3, -0.25) is 4.90 Å². The minimum Gasteiger partial charge on any atom is -0.465 e. The van der Waals surface area contributed by atoms with Crippen molar-refractivity contribution in [3.63, 3.8) is 0 Å². The van der Waals surface area contributed by atoms with E-state index in [0.29, 0.717) is 4.90 Å². The molecule has 1 aromatic carbocycles. The van der Waals surface area contributed by atoms with E-state index in [1.165, 1.54) is 11.9 Å². The van der Waals surface area contributed by atoms with Gasteiger partial charge in [-0.15, -0.1) is 0 Å². The monoisotopic (exact) mass is 320 g/mol. The molecule has 0 spiro atoms. The molecule has 0 bridgehead atoms. The molecule has 0 aromatic heterocycles. The fourth-order valence-corrected chi connectivity index (χ4v) is 3.30. The first-order valence-electron chi connectivity index (χ1n) is 6.12. The van der Waals surface area contributed by atoms with Gasteiger partial charge in [-0.25, -0.2) is 22.0 Å². The highest BCUT2D eigenvalue weighted by Crippen LogP contribution is 2.29. The molecule has 9 heteroatoms. The van der Waals surface area contributed by atoms with Crippen LogP contribution in [0.25, 0.3) is 0 Å². The molecule has 1 aromatic rings. The Morgan fingerprint density at radius 3 is 2.14 bits per heavy atom. The maximum absolute atomic E-state index is 14.1. The van der Waals surface area contributed by atoms with Crippen LogP contribution in [0.15, 0.2) is 12.1 Å². The summed E-state index contributed by atoms with van der Waals surface area (Å²) in [6, 6.07) is 1.82. The van der Waals surface area contributed by atoms with E-state index in [1.54, 1.807) is 0 Å². The summed E-state index contributed by atoms with van der Waals surface area (Å²) in [5.41, 5.74) is -0.460. The van der Waals surface area contributed by atoms with Gasteiger partial charge in [-0.05, 0) is 0 Å². The Balaban J connectivity index is 2.32. The van der Waals surface area contributed by atoms with Gasteiger partial charge in [0.15, 0.2) is 21.5 Å². The lowest BCUT2D eigenvalue weighted by molar-refractivity contribution is 0.203. The van der Waals surface area contributed by atoms with Gasteiger partial charge < -0.3 is 10.0 Å². The quantitative estimate of drug-likeness (QED) is 0.889. The van der Waals surface area contributed by atoms with Crippen LogP contribution in [0.1, 0.15) is 0 Å². The minimum absolute atomic E-state index is 0.00426. The first-order valence-corrected chi connectivity index (χ1v) is 7.94. The second-order valence-corrected chi connectivity index (χ2v) is 7.04. The lowest BCUT2D eigenvalue weighted by Crippen LogP contribution is -2.41. The zero-order chi connectivity index (χ0) is 15.8. The summed E-state index contributed by atoms with van der Waals surface area (Å²) in [4.78, 5) is 12.8. The van der Waals surface area contributed by atoms with Gasteiger partial charge in [0, 0.05) is 32.3 Å². The van der Waals surface area contributed by atoms with Gasteiger partial charge in [0.2, 0.25) is 0 Å². The van der Waals surface area contributed by atoms with Gasteiger partial charge in [-0.1, -0.05) is 0 Å². The number of hydrogen-bond acceptors (Lipinski definition) is 4. The van der Waals surface area contributed by atoms with Crippen LogP contribution < -0.4 is 9.80 Å². The minimum atomic E-state index is -3.15. The molecule has 1 amide bonds. The molecule has 1 N–H and O–H groups in total. The van der Waals surface area contributed by atoms with Gasteiger partial charge in [0.05, 0.1) is 17.2 Å². The zero-order valence-electron chi connectivity index (χ0n) is 11.2. The summed E-state index contributed by atoms with van der Waals surface area (Å²) in [5.74, 6) is -2.17. The highest BCUT2D eigenvalue weighted by Gasteiger charge is 2.26. The van der Waals surface area contributed by atoms with Crippen molar-refractivity contribution < 1.29 is 27.1 Å². The van der Waals surface area contributed by atoms with E-state index >= 15 is 0 Å². The summed E-state index contributed by atoms with van der Waals surface area (Å²) in [7, 11) is -1.98. The van der Waals surface area contributed by atoms with Gasteiger partial charge in [0.25, 0.3) is 0 Å². The maximum atomic E-state index is 14.1. The summed E-state index contributed by atoms with van der Waals surface area (Å²) < 4.78 is 50.8. The van der Waals surface area contributed by atoms with Crippen molar-refractivity contribution in [2.45, 2.75) is 0 Å². The molecule has 21 heavy (non-hydrogen) atoms. The second-order valence-electron chi connectivity index (χ2n) is 4.74. The van der Waals surface area contributed by atoms with Crippen LogP contribution in [0.2, 0.25) is 0 Å². The lowest BCUT2D eigenvalue weighted by atomic mass is 10.2. The number of hydrogen-bond donors (Lipinski definition) is 1. The predicted molar refractivity (Wildman–Crippen MR) is 73.7 cm³/mol. The average molecular weight is 320 g/mol. The molecule has 116 valence electrons. The first kappa shape index (κ1) is 15.5. The molecule has 2 rings (SSSR count). The van der Waals surface area contributed by atoms with Crippen molar-refractivity contribution in [2.24, 2.45) is 0 Å². The molecule has 1 fully saturated rings. The molecule has 0 unspecified atom stereocenters. The Morgan fingerprint density at radius 2 is 1.71 bits per heavy atom. The highest BCUT2D eigenvalue weighted by atomic mass is 32.2. The third kappa shape index (κ3) is 3.23. The largest absolute Gasteiger partial charge is 0.465 e. The zero-order valence-corrected chi connectivity index (χ0v) is 12.0. The van der Waals surface area contributed by atoms with Crippen molar-refractivity contribution >= 4 is 27.3 Å².